The predicted molar refractivity (Wildman–Crippen MR) is 123 cm³/mol. The van der Waals surface area contributed by atoms with Crippen molar-refractivity contribution in [3.63, 3.8) is 0 Å². The molecule has 0 saturated carbocycles. The number of hydrogen-bond donors (Lipinski definition) is 2. The number of hydrazone groups is 1. The summed E-state index contributed by atoms with van der Waals surface area (Å²) in [6, 6.07) is 24.4. The van der Waals surface area contributed by atoms with Crippen molar-refractivity contribution in [2.45, 2.75) is 6.92 Å². The van der Waals surface area contributed by atoms with Gasteiger partial charge in [-0.3, -0.25) is 4.79 Å². The van der Waals surface area contributed by atoms with E-state index >= 15 is 0 Å². The number of benzene rings is 4. The number of hydrogen-bond acceptors (Lipinski definition) is 5. The van der Waals surface area contributed by atoms with Gasteiger partial charge in [-0.25, -0.2) is 10.2 Å². The monoisotopic (exact) mass is 424 g/mol. The third kappa shape index (κ3) is 4.82. The molecule has 4 rings (SSSR count). The Morgan fingerprint density at radius 1 is 0.906 bits per heavy atom. The summed E-state index contributed by atoms with van der Waals surface area (Å²) in [6.07, 6.45) is 1.46. The number of amides is 1. The minimum absolute atomic E-state index is 0.115. The quantitative estimate of drug-likeness (QED) is 0.208. The first-order valence-electron chi connectivity index (χ1n) is 9.94. The molecule has 6 nitrogen and oxygen atoms in total. The molecule has 0 radical (unpaired) electrons. The van der Waals surface area contributed by atoms with Crippen molar-refractivity contribution >= 4 is 28.9 Å². The van der Waals surface area contributed by atoms with Gasteiger partial charge in [0, 0.05) is 0 Å². The summed E-state index contributed by atoms with van der Waals surface area (Å²) in [7, 11) is 0. The van der Waals surface area contributed by atoms with Crippen LogP contribution in [0.25, 0.3) is 10.8 Å². The second-order valence-corrected chi connectivity index (χ2v) is 7.24. The SMILES string of the molecule is Cc1ccc(C(=O)Oc2ccc(/C=N\NC(=O)c3cc4ccccc4cc3O)cc2)cc1. The molecule has 0 aliphatic carbocycles. The molecule has 0 aliphatic heterocycles. The summed E-state index contributed by atoms with van der Waals surface area (Å²) in [6.45, 7) is 1.95. The first-order valence-corrected chi connectivity index (χ1v) is 9.94. The zero-order valence-corrected chi connectivity index (χ0v) is 17.3. The van der Waals surface area contributed by atoms with Crippen LogP contribution in [0, 0.1) is 6.92 Å². The molecule has 32 heavy (non-hydrogen) atoms. The van der Waals surface area contributed by atoms with Gasteiger partial charge >= 0.3 is 5.97 Å². The van der Waals surface area contributed by atoms with Crippen LogP contribution in [0.2, 0.25) is 0 Å². The Bertz CT molecular complexity index is 1310. The molecular formula is C26H20N2O4. The molecule has 0 atom stereocenters. The zero-order valence-electron chi connectivity index (χ0n) is 17.3. The largest absolute Gasteiger partial charge is 0.507 e. The van der Waals surface area contributed by atoms with Gasteiger partial charge in [-0.2, -0.15) is 5.10 Å². The number of phenolic OH excluding ortho intramolecular Hbond substituents is 1. The lowest BCUT2D eigenvalue weighted by molar-refractivity contribution is 0.0734. The normalized spacial score (nSPS) is 10.9. The Labute approximate surface area is 184 Å². The predicted octanol–water partition coefficient (Wildman–Crippen LogP) is 4.84. The van der Waals surface area contributed by atoms with E-state index in [9.17, 15) is 14.7 Å². The maximum Gasteiger partial charge on any atom is 0.343 e. The number of phenols is 1. The number of carbonyl (C=O) groups excluding carboxylic acids is 2. The highest BCUT2D eigenvalue weighted by Crippen LogP contribution is 2.24. The van der Waals surface area contributed by atoms with E-state index in [4.69, 9.17) is 4.74 Å². The van der Waals surface area contributed by atoms with Crippen LogP contribution in [0.1, 0.15) is 31.8 Å². The van der Waals surface area contributed by atoms with E-state index in [1.807, 2.05) is 43.3 Å². The van der Waals surface area contributed by atoms with Crippen LogP contribution in [0.5, 0.6) is 11.5 Å². The third-order valence-electron chi connectivity index (χ3n) is 4.87. The second kappa shape index (κ2) is 9.14. The molecule has 158 valence electrons. The van der Waals surface area contributed by atoms with Gasteiger partial charge in [0.25, 0.3) is 5.91 Å². The maximum atomic E-state index is 12.4. The van der Waals surface area contributed by atoms with Gasteiger partial charge in [0.05, 0.1) is 17.3 Å². The van der Waals surface area contributed by atoms with Crippen LogP contribution in [0.4, 0.5) is 0 Å². The van der Waals surface area contributed by atoms with E-state index in [1.165, 1.54) is 6.21 Å². The van der Waals surface area contributed by atoms with Gasteiger partial charge in [-0.15, -0.1) is 0 Å². The van der Waals surface area contributed by atoms with Gasteiger partial charge in [0.2, 0.25) is 0 Å². The Kier molecular flexibility index (Phi) is 5.94. The minimum atomic E-state index is -0.520. The summed E-state index contributed by atoms with van der Waals surface area (Å²) in [5.41, 5.74) is 4.78. The van der Waals surface area contributed by atoms with E-state index in [0.29, 0.717) is 16.9 Å². The van der Waals surface area contributed by atoms with Gasteiger partial charge in [-0.05, 0) is 71.8 Å². The number of rotatable bonds is 5. The molecule has 0 unspecified atom stereocenters. The van der Waals surface area contributed by atoms with Crippen LogP contribution in [0.15, 0.2) is 90.0 Å². The fraction of sp³-hybridized carbons (Fsp3) is 0.0385. The molecule has 6 heteroatoms. The lowest BCUT2D eigenvalue weighted by atomic mass is 10.1. The molecule has 0 aromatic heterocycles. The summed E-state index contributed by atoms with van der Waals surface area (Å²) in [4.78, 5) is 24.6. The van der Waals surface area contributed by atoms with Crippen LogP contribution >= 0.6 is 0 Å². The first-order chi connectivity index (χ1) is 15.5. The highest BCUT2D eigenvalue weighted by molar-refractivity contribution is 6.01. The van der Waals surface area contributed by atoms with E-state index in [2.05, 4.69) is 10.5 Å². The van der Waals surface area contributed by atoms with Crippen LogP contribution in [-0.4, -0.2) is 23.2 Å². The second-order valence-electron chi connectivity index (χ2n) is 7.24. The number of nitrogens with one attached hydrogen (secondary N) is 1. The van der Waals surface area contributed by atoms with Gasteiger partial charge < -0.3 is 9.84 Å². The Morgan fingerprint density at radius 2 is 1.56 bits per heavy atom. The number of aromatic hydroxyl groups is 1. The molecular weight excluding hydrogens is 404 g/mol. The molecule has 2 N–H and O–H groups in total. The smallest absolute Gasteiger partial charge is 0.343 e. The van der Waals surface area contributed by atoms with Crippen LogP contribution < -0.4 is 10.2 Å². The lowest BCUT2D eigenvalue weighted by Crippen LogP contribution is -2.17. The average molecular weight is 424 g/mol. The van der Waals surface area contributed by atoms with Crippen molar-refractivity contribution in [1.82, 2.24) is 5.43 Å². The number of ether oxygens (including phenoxy) is 1. The summed E-state index contributed by atoms with van der Waals surface area (Å²) < 4.78 is 5.36. The van der Waals surface area contributed by atoms with E-state index in [0.717, 1.165) is 16.3 Å². The first kappa shape index (κ1) is 20.8. The highest BCUT2D eigenvalue weighted by Gasteiger charge is 2.12. The molecule has 0 spiro atoms. The Morgan fingerprint density at radius 3 is 2.25 bits per heavy atom. The van der Waals surface area contributed by atoms with Gasteiger partial charge in [0.1, 0.15) is 11.5 Å². The summed E-state index contributed by atoms with van der Waals surface area (Å²) in [5, 5.41) is 15.8. The van der Waals surface area contributed by atoms with Crippen LogP contribution in [-0.2, 0) is 0 Å². The molecule has 0 heterocycles. The molecule has 0 fully saturated rings. The van der Waals surface area contributed by atoms with Crippen molar-refractivity contribution in [3.05, 3.63) is 107 Å². The average Bonchev–Trinajstić information content (AvgIpc) is 2.80. The summed E-state index contributed by atoms with van der Waals surface area (Å²) >= 11 is 0. The van der Waals surface area contributed by atoms with Crippen molar-refractivity contribution in [3.8, 4) is 11.5 Å². The number of aryl methyl sites for hydroxylation is 1. The van der Waals surface area contributed by atoms with Crippen molar-refractivity contribution in [2.24, 2.45) is 5.10 Å². The van der Waals surface area contributed by atoms with E-state index in [-0.39, 0.29) is 11.3 Å². The summed E-state index contributed by atoms with van der Waals surface area (Å²) in [5.74, 6) is -0.670. The van der Waals surface area contributed by atoms with Crippen molar-refractivity contribution in [1.29, 1.82) is 0 Å². The fourth-order valence-corrected chi connectivity index (χ4v) is 3.11. The molecule has 4 aromatic rings. The third-order valence-corrected chi connectivity index (χ3v) is 4.87. The minimum Gasteiger partial charge on any atom is -0.507 e. The van der Waals surface area contributed by atoms with E-state index in [1.54, 1.807) is 48.5 Å². The highest BCUT2D eigenvalue weighted by atomic mass is 16.5. The standard InChI is InChI=1S/C26H20N2O4/c1-17-6-10-19(11-7-17)26(31)32-22-12-8-18(9-13-22)16-27-28-25(30)23-14-20-4-2-3-5-21(20)15-24(23)29/h2-16,29H,1H3,(H,28,30)/b27-16-. The molecule has 0 saturated heterocycles. The van der Waals surface area contributed by atoms with E-state index < -0.39 is 11.9 Å². The molecule has 1 amide bonds. The Hall–Kier alpha value is -4.45. The van der Waals surface area contributed by atoms with Crippen LogP contribution in [0.3, 0.4) is 0 Å². The molecule has 4 aromatic carbocycles. The number of carbonyl (C=O) groups is 2. The van der Waals surface area contributed by atoms with Gasteiger partial charge in [0.15, 0.2) is 0 Å². The number of nitrogens with zero attached hydrogens (tertiary/aromatic N) is 1. The molecule has 0 bridgehead atoms. The van der Waals surface area contributed by atoms with Crippen molar-refractivity contribution < 1.29 is 19.4 Å². The Balaban J connectivity index is 1.37. The van der Waals surface area contributed by atoms with Gasteiger partial charge in [-0.1, -0.05) is 42.0 Å². The molecule has 0 aliphatic rings. The topological polar surface area (TPSA) is 88.0 Å². The van der Waals surface area contributed by atoms with Crippen molar-refractivity contribution in [2.75, 3.05) is 0 Å². The number of fused-ring (bicyclic) bond motifs is 1. The number of esters is 1. The zero-order chi connectivity index (χ0) is 22.5. The lowest BCUT2D eigenvalue weighted by Gasteiger charge is -2.06. The fourth-order valence-electron chi connectivity index (χ4n) is 3.11. The maximum absolute atomic E-state index is 12.4.